The molecule has 0 fully saturated rings. The van der Waals surface area contributed by atoms with Crippen LogP contribution in [0.2, 0.25) is 0 Å². The molecule has 1 unspecified atom stereocenters. The fourth-order valence-electron chi connectivity index (χ4n) is 1.79. The van der Waals surface area contributed by atoms with Crippen molar-refractivity contribution < 1.29 is 13.2 Å². The summed E-state index contributed by atoms with van der Waals surface area (Å²) < 4.78 is 39.4. The van der Waals surface area contributed by atoms with Gasteiger partial charge in [-0.15, -0.1) is 5.10 Å². The molecule has 0 radical (unpaired) electrons. The molecule has 7 heteroatoms. The summed E-state index contributed by atoms with van der Waals surface area (Å²) in [4.78, 5) is 0. The number of halogens is 3. The molecule has 1 aromatic rings. The van der Waals surface area contributed by atoms with Gasteiger partial charge < -0.3 is 5.32 Å². The van der Waals surface area contributed by atoms with Crippen LogP contribution >= 0.6 is 0 Å². The Morgan fingerprint density at radius 1 is 1.26 bits per heavy atom. The molecule has 0 aliphatic carbocycles. The van der Waals surface area contributed by atoms with Gasteiger partial charge in [-0.2, -0.15) is 13.2 Å². The van der Waals surface area contributed by atoms with Crippen LogP contribution in [0.5, 0.6) is 0 Å². The minimum Gasteiger partial charge on any atom is -0.314 e. The number of rotatable bonds is 6. The van der Waals surface area contributed by atoms with Crippen molar-refractivity contribution in [2.24, 2.45) is 5.92 Å². The predicted molar refractivity (Wildman–Crippen MR) is 66.7 cm³/mol. The molecule has 0 aliphatic rings. The first kappa shape index (κ1) is 15.9. The van der Waals surface area contributed by atoms with Crippen molar-refractivity contribution in [2.45, 2.75) is 52.4 Å². The summed E-state index contributed by atoms with van der Waals surface area (Å²) in [6, 6.07) is -1.65. The van der Waals surface area contributed by atoms with Crippen LogP contribution in [0.25, 0.3) is 0 Å². The first-order chi connectivity index (χ1) is 8.77. The molecule has 110 valence electrons. The Morgan fingerprint density at radius 2 is 1.89 bits per heavy atom. The van der Waals surface area contributed by atoms with E-state index in [0.717, 1.165) is 18.0 Å². The average Bonchev–Trinajstić information content (AvgIpc) is 2.67. The van der Waals surface area contributed by atoms with Gasteiger partial charge in [-0.3, -0.25) is 0 Å². The molecule has 0 bridgehead atoms. The zero-order chi connectivity index (χ0) is 14.6. The first-order valence-corrected chi connectivity index (χ1v) is 6.41. The van der Waals surface area contributed by atoms with Crippen molar-refractivity contribution in [3.05, 3.63) is 11.4 Å². The van der Waals surface area contributed by atoms with Gasteiger partial charge in [0, 0.05) is 6.54 Å². The van der Waals surface area contributed by atoms with Crippen LogP contribution in [-0.4, -0.2) is 28.2 Å². The molecular formula is C12H21F3N4. The van der Waals surface area contributed by atoms with Crippen LogP contribution in [-0.2, 0) is 13.0 Å². The van der Waals surface area contributed by atoms with E-state index in [-0.39, 0.29) is 0 Å². The topological polar surface area (TPSA) is 42.7 Å². The molecule has 0 saturated carbocycles. The Kier molecular flexibility index (Phi) is 5.34. The Bertz CT molecular complexity index is 398. The van der Waals surface area contributed by atoms with Crippen molar-refractivity contribution in [1.29, 1.82) is 0 Å². The number of alkyl halides is 3. The van der Waals surface area contributed by atoms with Crippen LogP contribution in [0.15, 0.2) is 0 Å². The van der Waals surface area contributed by atoms with Crippen molar-refractivity contribution >= 4 is 0 Å². The van der Waals surface area contributed by atoms with E-state index in [0.29, 0.717) is 30.3 Å². The lowest BCUT2D eigenvalue weighted by atomic mass is 10.0. The molecule has 0 aromatic carbocycles. The van der Waals surface area contributed by atoms with E-state index in [1.54, 1.807) is 7.05 Å². The minimum atomic E-state index is -4.31. The zero-order valence-electron chi connectivity index (χ0n) is 11.8. The maximum absolute atomic E-state index is 12.8. The van der Waals surface area contributed by atoms with Gasteiger partial charge in [-0.1, -0.05) is 19.1 Å². The largest absolute Gasteiger partial charge is 0.410 e. The molecule has 0 amide bonds. The molecule has 1 atom stereocenters. The second-order valence-electron chi connectivity index (χ2n) is 5.11. The molecule has 19 heavy (non-hydrogen) atoms. The first-order valence-electron chi connectivity index (χ1n) is 6.41. The Labute approximate surface area is 111 Å². The third kappa shape index (κ3) is 4.19. The van der Waals surface area contributed by atoms with Gasteiger partial charge in [-0.05, 0) is 32.7 Å². The predicted octanol–water partition coefficient (Wildman–Crippen LogP) is 2.71. The lowest BCUT2D eigenvalue weighted by molar-refractivity contribution is -0.166. The van der Waals surface area contributed by atoms with E-state index in [1.165, 1.54) is 0 Å². The molecule has 4 nitrogen and oxygen atoms in total. The van der Waals surface area contributed by atoms with Gasteiger partial charge in [0.15, 0.2) is 0 Å². The monoisotopic (exact) mass is 278 g/mol. The van der Waals surface area contributed by atoms with Crippen LogP contribution in [0.1, 0.15) is 44.6 Å². The fraction of sp³-hybridized carbons (Fsp3) is 0.833. The summed E-state index contributed by atoms with van der Waals surface area (Å²) >= 11 is 0. The second kappa shape index (κ2) is 6.36. The third-order valence-electron chi connectivity index (χ3n) is 3.01. The summed E-state index contributed by atoms with van der Waals surface area (Å²) in [5.74, 6) is 0.423. The Hall–Kier alpha value is -1.11. The smallest absolute Gasteiger partial charge is 0.314 e. The van der Waals surface area contributed by atoms with E-state index in [1.807, 2.05) is 13.8 Å². The van der Waals surface area contributed by atoms with E-state index in [2.05, 4.69) is 15.6 Å². The summed E-state index contributed by atoms with van der Waals surface area (Å²) in [6.07, 6.45) is -2.94. The Balaban J connectivity index is 3.03. The standard InChI is InChI=1S/C12H21F3N4/c1-8(2)5-6-11-10(7-16-4)17-18-19(11)9(3)12(13,14)15/h8-9,16H,5-7H2,1-4H3. The normalized spacial score (nSPS) is 14.1. The van der Waals surface area contributed by atoms with Gasteiger partial charge >= 0.3 is 6.18 Å². The third-order valence-corrected chi connectivity index (χ3v) is 3.01. The number of hydrogen-bond donors (Lipinski definition) is 1. The van der Waals surface area contributed by atoms with Gasteiger partial charge in [0.2, 0.25) is 0 Å². The van der Waals surface area contributed by atoms with E-state index in [4.69, 9.17) is 0 Å². The van der Waals surface area contributed by atoms with Crippen molar-refractivity contribution in [3.8, 4) is 0 Å². The van der Waals surface area contributed by atoms with Crippen molar-refractivity contribution in [2.75, 3.05) is 7.05 Å². The quantitative estimate of drug-likeness (QED) is 0.870. The SMILES string of the molecule is CNCc1nnn(C(C)C(F)(F)F)c1CCC(C)C. The summed E-state index contributed by atoms with van der Waals surface area (Å²) in [5.41, 5.74) is 1.17. The van der Waals surface area contributed by atoms with Gasteiger partial charge in [-0.25, -0.2) is 4.68 Å². The van der Waals surface area contributed by atoms with E-state index >= 15 is 0 Å². The molecule has 1 rings (SSSR count). The van der Waals surface area contributed by atoms with Crippen LogP contribution in [0.4, 0.5) is 13.2 Å². The summed E-state index contributed by atoms with van der Waals surface area (Å²) in [7, 11) is 1.73. The van der Waals surface area contributed by atoms with Crippen LogP contribution in [0.3, 0.4) is 0 Å². The average molecular weight is 278 g/mol. The number of nitrogens with one attached hydrogen (secondary N) is 1. The highest BCUT2D eigenvalue weighted by Gasteiger charge is 2.39. The van der Waals surface area contributed by atoms with Crippen molar-refractivity contribution in [1.82, 2.24) is 20.3 Å². The number of nitrogens with zero attached hydrogens (tertiary/aromatic N) is 3. The number of hydrogen-bond acceptors (Lipinski definition) is 3. The molecule has 0 aliphatic heterocycles. The minimum absolute atomic E-state index is 0.423. The van der Waals surface area contributed by atoms with Gasteiger partial charge in [0.05, 0.1) is 11.4 Å². The summed E-state index contributed by atoms with van der Waals surface area (Å²) in [6.45, 7) is 5.62. The zero-order valence-corrected chi connectivity index (χ0v) is 11.8. The molecular weight excluding hydrogens is 257 g/mol. The molecule has 0 spiro atoms. The van der Waals surface area contributed by atoms with Crippen LogP contribution in [0, 0.1) is 5.92 Å². The maximum atomic E-state index is 12.8. The molecule has 1 aromatic heterocycles. The second-order valence-corrected chi connectivity index (χ2v) is 5.11. The maximum Gasteiger partial charge on any atom is 0.410 e. The van der Waals surface area contributed by atoms with E-state index in [9.17, 15) is 13.2 Å². The van der Waals surface area contributed by atoms with Gasteiger partial charge in [0.1, 0.15) is 6.04 Å². The van der Waals surface area contributed by atoms with E-state index < -0.39 is 12.2 Å². The summed E-state index contributed by atoms with van der Waals surface area (Å²) in [5, 5.41) is 10.5. The van der Waals surface area contributed by atoms with Gasteiger partial charge in [0.25, 0.3) is 0 Å². The highest BCUT2D eigenvalue weighted by molar-refractivity contribution is 5.11. The molecule has 1 heterocycles. The molecule has 1 N–H and O–H groups in total. The highest BCUT2D eigenvalue weighted by Crippen LogP contribution is 2.31. The number of aromatic nitrogens is 3. The molecule has 0 saturated heterocycles. The van der Waals surface area contributed by atoms with Crippen molar-refractivity contribution in [3.63, 3.8) is 0 Å². The lowest BCUT2D eigenvalue weighted by Gasteiger charge is -2.18. The highest BCUT2D eigenvalue weighted by atomic mass is 19.4. The van der Waals surface area contributed by atoms with Crippen LogP contribution < -0.4 is 5.32 Å². The fourth-order valence-corrected chi connectivity index (χ4v) is 1.79. The Morgan fingerprint density at radius 3 is 2.37 bits per heavy atom. The lowest BCUT2D eigenvalue weighted by Crippen LogP contribution is -2.26.